The SMILES string of the molecule is I.O=C(I)C1=CCSC2CCN12. The number of allylic oxidation sites excluding steroid dienone is 1. The van der Waals surface area contributed by atoms with Gasteiger partial charge in [-0.15, -0.1) is 35.7 Å². The van der Waals surface area contributed by atoms with Gasteiger partial charge in [0.1, 0.15) is 0 Å². The summed E-state index contributed by atoms with van der Waals surface area (Å²) in [6.07, 6.45) is 3.28. The van der Waals surface area contributed by atoms with Crippen LogP contribution in [0.1, 0.15) is 6.42 Å². The first kappa shape index (κ1) is 11.1. The predicted octanol–water partition coefficient (Wildman–Crippen LogP) is 2.23. The maximum atomic E-state index is 11.1. The number of hydrogen-bond acceptors (Lipinski definition) is 3. The molecule has 2 rings (SSSR count). The molecule has 5 heteroatoms. The normalized spacial score (nSPS) is 26.2. The topological polar surface area (TPSA) is 20.3 Å². The molecule has 0 radical (unpaired) electrons. The van der Waals surface area contributed by atoms with Crippen molar-refractivity contribution in [2.45, 2.75) is 11.8 Å². The molecule has 2 nitrogen and oxygen atoms in total. The summed E-state index contributed by atoms with van der Waals surface area (Å²) in [5.41, 5.74) is 0.931. The maximum absolute atomic E-state index is 11.1. The van der Waals surface area contributed by atoms with Gasteiger partial charge in [0.2, 0.25) is 3.79 Å². The Morgan fingerprint density at radius 2 is 2.50 bits per heavy atom. The van der Waals surface area contributed by atoms with Crippen molar-refractivity contribution >= 4 is 62.1 Å². The summed E-state index contributed by atoms with van der Waals surface area (Å²) in [5.74, 6) is 1.01. The van der Waals surface area contributed by atoms with Crippen LogP contribution in [-0.4, -0.2) is 26.4 Å². The molecule has 0 N–H and O–H groups in total. The minimum absolute atomic E-state index is 0. The first-order valence-electron chi connectivity index (χ1n) is 3.57. The lowest BCUT2D eigenvalue weighted by molar-refractivity contribution is -0.108. The summed E-state index contributed by atoms with van der Waals surface area (Å²) in [5, 5.41) is 0.605. The zero-order chi connectivity index (χ0) is 7.84. The van der Waals surface area contributed by atoms with Gasteiger partial charge in [-0.1, -0.05) is 0 Å². The molecule has 0 bridgehead atoms. The number of rotatable bonds is 1. The highest BCUT2D eigenvalue weighted by atomic mass is 127. The van der Waals surface area contributed by atoms with Crippen molar-refractivity contribution in [3.05, 3.63) is 11.8 Å². The second-order valence-electron chi connectivity index (χ2n) is 2.63. The van der Waals surface area contributed by atoms with Crippen molar-refractivity contribution < 1.29 is 4.79 Å². The van der Waals surface area contributed by atoms with Crippen molar-refractivity contribution in [1.29, 1.82) is 0 Å². The molecule has 2 aliphatic heterocycles. The molecule has 0 aliphatic carbocycles. The van der Waals surface area contributed by atoms with E-state index in [-0.39, 0.29) is 27.8 Å². The molecule has 0 aromatic heterocycles. The smallest absolute Gasteiger partial charge is 0.238 e. The third kappa shape index (κ3) is 1.92. The van der Waals surface area contributed by atoms with Crippen LogP contribution in [0, 0.1) is 0 Å². The van der Waals surface area contributed by atoms with Crippen LogP contribution in [0.15, 0.2) is 11.8 Å². The first-order chi connectivity index (χ1) is 5.29. The molecule has 0 saturated carbocycles. The van der Waals surface area contributed by atoms with Gasteiger partial charge >= 0.3 is 0 Å². The number of carbonyl (C=O) groups excluding carboxylic acids is 1. The van der Waals surface area contributed by atoms with Gasteiger partial charge in [0, 0.05) is 34.9 Å². The number of fused-ring (bicyclic) bond motifs is 1. The van der Waals surface area contributed by atoms with Crippen LogP contribution in [-0.2, 0) is 4.79 Å². The van der Waals surface area contributed by atoms with Crippen molar-refractivity contribution in [3.8, 4) is 0 Å². The van der Waals surface area contributed by atoms with Crippen LogP contribution >= 0.6 is 58.3 Å². The highest BCUT2D eigenvalue weighted by Gasteiger charge is 2.34. The maximum Gasteiger partial charge on any atom is 0.238 e. The fraction of sp³-hybridized carbons (Fsp3) is 0.571. The minimum atomic E-state index is 0. The number of hydrogen-bond donors (Lipinski definition) is 0. The molecule has 1 atom stereocenters. The number of carbonyl (C=O) groups is 1. The van der Waals surface area contributed by atoms with Gasteiger partial charge in [0.05, 0.1) is 11.1 Å². The molecule has 0 aromatic carbocycles. The Balaban J connectivity index is 0.000000720. The van der Waals surface area contributed by atoms with Crippen LogP contribution in [0.4, 0.5) is 0 Å². The van der Waals surface area contributed by atoms with Crippen molar-refractivity contribution in [3.63, 3.8) is 0 Å². The van der Waals surface area contributed by atoms with E-state index in [4.69, 9.17) is 0 Å². The average molecular weight is 409 g/mol. The third-order valence-corrected chi connectivity index (χ3v) is 3.83. The molecule has 1 fully saturated rings. The second kappa shape index (κ2) is 4.50. The quantitative estimate of drug-likeness (QED) is 0.490. The van der Waals surface area contributed by atoms with Crippen molar-refractivity contribution in [1.82, 2.24) is 4.90 Å². The van der Waals surface area contributed by atoms with E-state index >= 15 is 0 Å². The molecular formula is C7H9I2NOS. The van der Waals surface area contributed by atoms with Gasteiger partial charge < -0.3 is 4.90 Å². The van der Waals surface area contributed by atoms with E-state index in [9.17, 15) is 4.79 Å². The van der Waals surface area contributed by atoms with Gasteiger partial charge in [-0.25, -0.2) is 0 Å². The first-order valence-corrected chi connectivity index (χ1v) is 5.70. The Morgan fingerprint density at radius 1 is 1.75 bits per heavy atom. The largest absolute Gasteiger partial charge is 0.356 e. The third-order valence-electron chi connectivity index (χ3n) is 2.04. The fourth-order valence-electron chi connectivity index (χ4n) is 1.36. The van der Waals surface area contributed by atoms with Gasteiger partial charge in [0.25, 0.3) is 0 Å². The number of nitrogens with zero attached hydrogens (tertiary/aromatic N) is 1. The highest BCUT2D eigenvalue weighted by Crippen LogP contribution is 2.36. The van der Waals surface area contributed by atoms with E-state index in [1.54, 1.807) is 0 Å². The van der Waals surface area contributed by atoms with Crippen LogP contribution < -0.4 is 0 Å². The minimum Gasteiger partial charge on any atom is -0.356 e. The molecule has 0 spiro atoms. The molecule has 68 valence electrons. The predicted molar refractivity (Wildman–Crippen MR) is 70.1 cm³/mol. The lowest BCUT2D eigenvalue weighted by Crippen LogP contribution is -2.47. The van der Waals surface area contributed by atoms with Gasteiger partial charge in [-0.2, -0.15) is 0 Å². The van der Waals surface area contributed by atoms with E-state index in [0.717, 1.165) is 18.0 Å². The Hall–Kier alpha value is 1.02. The Bertz CT molecular complexity index is 231. The van der Waals surface area contributed by atoms with Crippen LogP contribution in [0.2, 0.25) is 0 Å². The van der Waals surface area contributed by atoms with E-state index in [2.05, 4.69) is 4.90 Å². The fourth-order valence-corrected chi connectivity index (χ4v) is 3.04. The van der Waals surface area contributed by atoms with Crippen molar-refractivity contribution in [2.75, 3.05) is 12.3 Å². The summed E-state index contributed by atoms with van der Waals surface area (Å²) in [6.45, 7) is 1.07. The molecular weight excluding hydrogens is 400 g/mol. The summed E-state index contributed by atoms with van der Waals surface area (Å²) in [6, 6.07) is 0. The molecule has 0 aromatic rings. The van der Waals surface area contributed by atoms with Crippen LogP contribution in [0.25, 0.3) is 0 Å². The van der Waals surface area contributed by atoms with Gasteiger partial charge in [0.15, 0.2) is 0 Å². The Morgan fingerprint density at radius 3 is 2.92 bits per heavy atom. The Kier molecular flexibility index (Phi) is 4.16. The van der Waals surface area contributed by atoms with Crippen LogP contribution in [0.5, 0.6) is 0 Å². The molecule has 0 amide bonds. The summed E-state index contributed by atoms with van der Waals surface area (Å²) in [4.78, 5) is 13.3. The molecule has 2 heterocycles. The molecule has 1 unspecified atom stereocenters. The standard InChI is InChI=1S/C7H8INOS.HI/c8-7(10)5-2-4-11-6-1-3-9(5)6;/h2,6H,1,3-4H2;1H. The monoisotopic (exact) mass is 409 g/mol. The lowest BCUT2D eigenvalue weighted by atomic mass is 10.2. The summed E-state index contributed by atoms with van der Waals surface area (Å²) >= 11 is 3.79. The summed E-state index contributed by atoms with van der Waals surface area (Å²) < 4.78 is 0.188. The van der Waals surface area contributed by atoms with E-state index in [0.29, 0.717) is 5.37 Å². The van der Waals surface area contributed by atoms with Gasteiger partial charge in [-0.3, -0.25) is 4.79 Å². The molecule has 2 aliphatic rings. The molecule has 1 saturated heterocycles. The van der Waals surface area contributed by atoms with E-state index in [1.807, 2.05) is 40.4 Å². The highest BCUT2D eigenvalue weighted by molar-refractivity contribution is 14.1. The molecule has 12 heavy (non-hydrogen) atoms. The lowest BCUT2D eigenvalue weighted by Gasteiger charge is -2.44. The van der Waals surface area contributed by atoms with Crippen molar-refractivity contribution in [2.24, 2.45) is 0 Å². The Labute approximate surface area is 107 Å². The zero-order valence-electron chi connectivity index (χ0n) is 6.33. The van der Waals surface area contributed by atoms with E-state index in [1.165, 1.54) is 6.42 Å². The van der Waals surface area contributed by atoms with Gasteiger partial charge in [-0.05, 0) is 12.5 Å². The average Bonchev–Trinajstić information content (AvgIpc) is 1.90. The second-order valence-corrected chi connectivity index (χ2v) is 4.82. The number of thioether (sulfide) groups is 1. The summed E-state index contributed by atoms with van der Waals surface area (Å²) in [7, 11) is 0. The van der Waals surface area contributed by atoms with E-state index < -0.39 is 0 Å². The van der Waals surface area contributed by atoms with Crippen LogP contribution in [0.3, 0.4) is 0 Å². The zero-order valence-corrected chi connectivity index (χ0v) is 11.6. The number of halogens is 2.